The third-order valence-electron chi connectivity index (χ3n) is 4.80. The van der Waals surface area contributed by atoms with Crippen LogP contribution in [0.5, 0.6) is 11.5 Å². The Morgan fingerprint density at radius 3 is 2.07 bits per heavy atom. The van der Waals surface area contributed by atoms with Crippen LogP contribution in [0.2, 0.25) is 0 Å². The van der Waals surface area contributed by atoms with Crippen molar-refractivity contribution < 1.29 is 14.8 Å². The number of hydrogen-bond acceptors (Lipinski definition) is 2. The Morgan fingerprint density at radius 1 is 0.724 bits per heavy atom. The van der Waals surface area contributed by atoms with Gasteiger partial charge in [-0.2, -0.15) is 4.57 Å². The van der Waals surface area contributed by atoms with E-state index >= 15 is 0 Å². The highest BCUT2D eigenvalue weighted by molar-refractivity contribution is 5.80. The number of fused-ring (bicyclic) bond motifs is 1. The number of nitrogens with zero attached hydrogens (tertiary/aromatic N) is 1. The van der Waals surface area contributed by atoms with Gasteiger partial charge < -0.3 is 10.2 Å². The maximum Gasteiger partial charge on any atom is 0.254 e. The minimum absolute atomic E-state index is 0.305. The first kappa shape index (κ1) is 20.4. The van der Waals surface area contributed by atoms with Crippen molar-refractivity contribution in [2.45, 2.75) is 26.8 Å². The van der Waals surface area contributed by atoms with E-state index in [9.17, 15) is 5.11 Å². The van der Waals surface area contributed by atoms with Gasteiger partial charge in [0.15, 0.2) is 11.9 Å². The van der Waals surface area contributed by atoms with Crippen LogP contribution in [0.25, 0.3) is 22.0 Å². The van der Waals surface area contributed by atoms with E-state index in [-0.39, 0.29) is 0 Å². The standard InChI is InChI=1S/C14H17NO.C12H10O/c1-11(2)8-10-15-9-4-6-12-5-3-7-13(16)14(12)15;13-12-8-6-11(7-9-12)10-4-2-1-3-5-10/h3-7,9,11H,8,10H2,1-2H3;1-9,13H/p+1. The average Bonchev–Trinajstić information content (AvgIpc) is 2.74. The third kappa shape index (κ3) is 5.58. The summed E-state index contributed by atoms with van der Waals surface area (Å²) in [6, 6.07) is 27.0. The maximum absolute atomic E-state index is 9.90. The molecule has 0 saturated heterocycles. The lowest BCUT2D eigenvalue weighted by molar-refractivity contribution is -0.672. The number of phenolic OH excluding ortho intramolecular Hbond substituents is 2. The summed E-state index contributed by atoms with van der Waals surface area (Å²) in [6.45, 7) is 5.38. The number of hydrogen-bond donors (Lipinski definition) is 2. The lowest BCUT2D eigenvalue weighted by Gasteiger charge is -2.04. The number of rotatable bonds is 4. The summed E-state index contributed by atoms with van der Waals surface area (Å²) >= 11 is 0. The summed E-state index contributed by atoms with van der Waals surface area (Å²) in [6.07, 6.45) is 3.16. The summed E-state index contributed by atoms with van der Waals surface area (Å²) in [7, 11) is 0. The average molecular weight is 387 g/mol. The van der Waals surface area contributed by atoms with Gasteiger partial charge in [0.1, 0.15) is 12.3 Å². The molecule has 0 saturated carbocycles. The number of pyridine rings is 1. The number of para-hydroxylation sites is 1. The molecule has 3 aromatic carbocycles. The molecule has 4 aromatic rings. The normalized spacial score (nSPS) is 10.6. The fraction of sp³-hybridized carbons (Fsp3) is 0.192. The first-order chi connectivity index (χ1) is 14.0. The van der Waals surface area contributed by atoms with Crippen molar-refractivity contribution in [1.29, 1.82) is 0 Å². The summed E-state index contributed by atoms with van der Waals surface area (Å²) in [4.78, 5) is 0. The van der Waals surface area contributed by atoms with Gasteiger partial charge in [-0.15, -0.1) is 0 Å². The van der Waals surface area contributed by atoms with Gasteiger partial charge in [0.25, 0.3) is 5.52 Å². The van der Waals surface area contributed by atoms with Crippen molar-refractivity contribution in [2.24, 2.45) is 5.92 Å². The number of aromatic hydroxyl groups is 2. The van der Waals surface area contributed by atoms with E-state index in [0.29, 0.717) is 17.4 Å². The van der Waals surface area contributed by atoms with Gasteiger partial charge in [0.05, 0.1) is 5.39 Å². The van der Waals surface area contributed by atoms with E-state index in [1.54, 1.807) is 18.2 Å². The zero-order chi connectivity index (χ0) is 20.6. The minimum Gasteiger partial charge on any atom is -0.508 e. The second-order valence-corrected chi connectivity index (χ2v) is 7.51. The Morgan fingerprint density at radius 2 is 1.38 bits per heavy atom. The fourth-order valence-corrected chi connectivity index (χ4v) is 3.19. The summed E-state index contributed by atoms with van der Waals surface area (Å²) in [5.41, 5.74) is 3.23. The third-order valence-corrected chi connectivity index (χ3v) is 4.80. The molecule has 0 bridgehead atoms. The zero-order valence-corrected chi connectivity index (χ0v) is 17.0. The Labute approximate surface area is 172 Å². The highest BCUT2D eigenvalue weighted by Gasteiger charge is 2.12. The Kier molecular flexibility index (Phi) is 6.85. The van der Waals surface area contributed by atoms with Crippen molar-refractivity contribution in [3.8, 4) is 22.6 Å². The quantitative estimate of drug-likeness (QED) is 0.426. The van der Waals surface area contributed by atoms with E-state index in [4.69, 9.17) is 5.11 Å². The van der Waals surface area contributed by atoms with Crippen LogP contribution in [-0.4, -0.2) is 10.2 Å². The lowest BCUT2D eigenvalue weighted by atomic mass is 10.1. The van der Waals surface area contributed by atoms with Crippen molar-refractivity contribution in [1.82, 2.24) is 0 Å². The van der Waals surface area contributed by atoms with E-state index in [1.807, 2.05) is 72.9 Å². The molecule has 0 fully saturated rings. The molecule has 29 heavy (non-hydrogen) atoms. The number of benzene rings is 3. The molecule has 0 atom stereocenters. The van der Waals surface area contributed by atoms with Gasteiger partial charge in [-0.3, -0.25) is 0 Å². The second kappa shape index (κ2) is 9.74. The van der Waals surface area contributed by atoms with E-state index < -0.39 is 0 Å². The van der Waals surface area contributed by atoms with Crippen molar-refractivity contribution in [3.63, 3.8) is 0 Å². The smallest absolute Gasteiger partial charge is 0.254 e. The molecule has 0 radical (unpaired) electrons. The largest absolute Gasteiger partial charge is 0.508 e. The molecule has 148 valence electrons. The fourth-order valence-electron chi connectivity index (χ4n) is 3.19. The topological polar surface area (TPSA) is 44.3 Å². The number of aromatic nitrogens is 1. The van der Waals surface area contributed by atoms with Crippen LogP contribution in [0.3, 0.4) is 0 Å². The van der Waals surface area contributed by atoms with Crippen molar-refractivity contribution in [3.05, 3.63) is 91.1 Å². The molecule has 0 spiro atoms. The molecule has 1 heterocycles. The Balaban J connectivity index is 0.000000169. The monoisotopic (exact) mass is 386 g/mol. The molecule has 0 amide bonds. The summed E-state index contributed by atoms with van der Waals surface area (Å²) in [5.74, 6) is 1.34. The van der Waals surface area contributed by atoms with Crippen LogP contribution in [0, 0.1) is 5.92 Å². The molecule has 0 unspecified atom stereocenters. The zero-order valence-electron chi connectivity index (χ0n) is 17.0. The predicted octanol–water partition coefficient (Wildman–Crippen LogP) is 5.94. The molecule has 3 nitrogen and oxygen atoms in total. The van der Waals surface area contributed by atoms with Gasteiger partial charge in [-0.25, -0.2) is 0 Å². The van der Waals surface area contributed by atoms with Gasteiger partial charge in [-0.1, -0.05) is 62.4 Å². The SMILES string of the molecule is CC(C)CC[n+]1cccc2cccc(O)c21.Oc1ccc(-c2ccccc2)cc1. The minimum atomic E-state index is 0.305. The molecular formula is C26H28NO2+. The molecule has 0 aliphatic carbocycles. The van der Waals surface area contributed by atoms with Crippen LogP contribution < -0.4 is 4.57 Å². The van der Waals surface area contributed by atoms with Gasteiger partial charge in [0.2, 0.25) is 0 Å². The van der Waals surface area contributed by atoms with Crippen molar-refractivity contribution >= 4 is 10.9 Å². The van der Waals surface area contributed by atoms with E-state index in [0.717, 1.165) is 29.4 Å². The Bertz CT molecular complexity index is 1040. The van der Waals surface area contributed by atoms with Crippen LogP contribution >= 0.6 is 0 Å². The summed E-state index contributed by atoms with van der Waals surface area (Å²) in [5, 5.41) is 20.1. The highest BCUT2D eigenvalue weighted by atomic mass is 16.3. The molecule has 1 aromatic heterocycles. The summed E-state index contributed by atoms with van der Waals surface area (Å²) < 4.78 is 2.13. The lowest BCUT2D eigenvalue weighted by Crippen LogP contribution is -2.34. The van der Waals surface area contributed by atoms with Crippen LogP contribution in [-0.2, 0) is 6.54 Å². The van der Waals surface area contributed by atoms with Crippen LogP contribution in [0.15, 0.2) is 91.1 Å². The molecule has 2 N–H and O–H groups in total. The molecular weight excluding hydrogens is 358 g/mol. The first-order valence-corrected chi connectivity index (χ1v) is 9.99. The van der Waals surface area contributed by atoms with E-state index in [2.05, 4.69) is 18.4 Å². The van der Waals surface area contributed by atoms with E-state index in [1.165, 1.54) is 5.56 Å². The van der Waals surface area contributed by atoms with Gasteiger partial charge >= 0.3 is 0 Å². The Hall–Kier alpha value is -3.33. The number of aryl methyl sites for hydroxylation is 1. The van der Waals surface area contributed by atoms with Crippen molar-refractivity contribution in [2.75, 3.05) is 0 Å². The highest BCUT2D eigenvalue weighted by Crippen LogP contribution is 2.21. The van der Waals surface area contributed by atoms with Gasteiger partial charge in [0, 0.05) is 12.5 Å². The van der Waals surface area contributed by atoms with Gasteiger partial charge in [-0.05, 0) is 47.4 Å². The van der Waals surface area contributed by atoms with Crippen LogP contribution in [0.1, 0.15) is 20.3 Å². The first-order valence-electron chi connectivity index (χ1n) is 9.99. The molecule has 0 aliphatic rings. The second-order valence-electron chi connectivity index (χ2n) is 7.51. The number of phenols is 2. The predicted molar refractivity (Wildman–Crippen MR) is 119 cm³/mol. The molecule has 0 aliphatic heterocycles. The molecule has 4 rings (SSSR count). The van der Waals surface area contributed by atoms with Crippen LogP contribution in [0.4, 0.5) is 0 Å². The maximum atomic E-state index is 9.90. The molecule has 3 heteroatoms.